The molecule has 30 heavy (non-hydrogen) atoms. The number of rotatable bonds is 6. The standard InChI is InChI=1S/C20H25N3O6S/c1-22(2)30(26,27)18-11-10-17(29-18)14-28-19(24)15-7-6-12-23(13-15)20(25)21-16-8-4-3-5-9-16/h3-5,8-11,15H,6-7,12-14H2,1-2H3,(H,21,25). The summed E-state index contributed by atoms with van der Waals surface area (Å²) in [5.41, 5.74) is 0.688. The normalized spacial score (nSPS) is 17.0. The van der Waals surface area contributed by atoms with Crippen LogP contribution in [-0.4, -0.2) is 56.8 Å². The molecule has 1 aliphatic rings. The van der Waals surface area contributed by atoms with Crippen LogP contribution in [0.2, 0.25) is 0 Å². The lowest BCUT2D eigenvalue weighted by Crippen LogP contribution is -2.44. The fourth-order valence-corrected chi connectivity index (χ4v) is 3.90. The molecular formula is C20H25N3O6S. The Labute approximate surface area is 175 Å². The minimum absolute atomic E-state index is 0.172. The highest BCUT2D eigenvalue weighted by Gasteiger charge is 2.30. The van der Waals surface area contributed by atoms with Gasteiger partial charge < -0.3 is 19.4 Å². The minimum Gasteiger partial charge on any atom is -0.457 e. The predicted octanol–water partition coefficient (Wildman–Crippen LogP) is 2.52. The minimum atomic E-state index is -3.68. The molecule has 9 nitrogen and oxygen atoms in total. The summed E-state index contributed by atoms with van der Waals surface area (Å²) in [6, 6.07) is 11.6. The average Bonchev–Trinajstić information content (AvgIpc) is 3.22. The molecule has 0 bridgehead atoms. The second-order valence-corrected chi connectivity index (χ2v) is 9.28. The molecule has 2 heterocycles. The van der Waals surface area contributed by atoms with Gasteiger partial charge in [0.05, 0.1) is 5.92 Å². The SMILES string of the molecule is CN(C)S(=O)(=O)c1ccc(COC(=O)C2CCCN(C(=O)Nc3ccccc3)C2)o1. The lowest BCUT2D eigenvalue weighted by Gasteiger charge is -2.31. The predicted molar refractivity (Wildman–Crippen MR) is 109 cm³/mol. The van der Waals surface area contributed by atoms with E-state index in [1.54, 1.807) is 17.0 Å². The summed E-state index contributed by atoms with van der Waals surface area (Å²) in [4.78, 5) is 26.5. The fraction of sp³-hybridized carbons (Fsp3) is 0.400. The van der Waals surface area contributed by atoms with Crippen LogP contribution in [-0.2, 0) is 26.2 Å². The molecule has 1 N–H and O–H groups in total. The molecule has 1 atom stereocenters. The van der Waals surface area contributed by atoms with Crippen molar-refractivity contribution in [1.29, 1.82) is 0 Å². The molecule has 0 radical (unpaired) electrons. The second-order valence-electron chi connectivity index (χ2n) is 7.20. The van der Waals surface area contributed by atoms with Crippen LogP contribution >= 0.6 is 0 Å². The van der Waals surface area contributed by atoms with E-state index in [1.165, 1.54) is 26.2 Å². The van der Waals surface area contributed by atoms with Gasteiger partial charge in [-0.15, -0.1) is 0 Å². The summed E-state index contributed by atoms with van der Waals surface area (Å²) in [5.74, 6) is -0.654. The Morgan fingerprint density at radius 2 is 1.93 bits per heavy atom. The van der Waals surface area contributed by atoms with E-state index in [1.807, 2.05) is 18.2 Å². The molecule has 162 valence electrons. The number of amides is 2. The van der Waals surface area contributed by atoms with E-state index in [2.05, 4.69) is 5.32 Å². The van der Waals surface area contributed by atoms with Crippen molar-refractivity contribution in [3.05, 3.63) is 48.2 Å². The lowest BCUT2D eigenvalue weighted by molar-refractivity contribution is -0.151. The van der Waals surface area contributed by atoms with Crippen molar-refractivity contribution in [2.45, 2.75) is 24.5 Å². The molecule has 1 unspecified atom stereocenters. The highest BCUT2D eigenvalue weighted by Crippen LogP contribution is 2.21. The molecular weight excluding hydrogens is 410 g/mol. The Hall–Kier alpha value is -2.85. The first-order chi connectivity index (χ1) is 14.3. The number of nitrogens with one attached hydrogen (secondary N) is 1. The first-order valence-electron chi connectivity index (χ1n) is 9.56. The zero-order chi connectivity index (χ0) is 21.7. The van der Waals surface area contributed by atoms with Gasteiger partial charge in [-0.05, 0) is 37.1 Å². The van der Waals surface area contributed by atoms with Crippen molar-refractivity contribution in [2.24, 2.45) is 5.92 Å². The largest absolute Gasteiger partial charge is 0.457 e. The summed E-state index contributed by atoms with van der Waals surface area (Å²) in [7, 11) is -0.877. The summed E-state index contributed by atoms with van der Waals surface area (Å²) in [5, 5.41) is 2.61. The zero-order valence-electron chi connectivity index (χ0n) is 16.9. The number of furan rings is 1. The van der Waals surface area contributed by atoms with Crippen molar-refractivity contribution in [2.75, 3.05) is 32.5 Å². The molecule has 10 heteroatoms. The number of ether oxygens (including phenoxy) is 1. The monoisotopic (exact) mass is 435 g/mol. The molecule has 2 aromatic rings. The van der Waals surface area contributed by atoms with E-state index >= 15 is 0 Å². The van der Waals surface area contributed by atoms with E-state index < -0.39 is 21.9 Å². The van der Waals surface area contributed by atoms with E-state index in [0.717, 1.165) is 4.31 Å². The van der Waals surface area contributed by atoms with E-state index in [-0.39, 0.29) is 30.0 Å². The van der Waals surface area contributed by atoms with Gasteiger partial charge in [-0.1, -0.05) is 18.2 Å². The van der Waals surface area contributed by atoms with Gasteiger partial charge in [-0.3, -0.25) is 4.79 Å². The molecule has 1 aromatic heterocycles. The number of benzene rings is 1. The third-order valence-corrected chi connectivity index (χ3v) is 6.48. The molecule has 1 saturated heterocycles. The molecule has 1 aliphatic heterocycles. The number of carbonyl (C=O) groups is 2. The van der Waals surface area contributed by atoms with Gasteiger partial charge in [0, 0.05) is 32.9 Å². The first kappa shape index (κ1) is 21.8. The van der Waals surface area contributed by atoms with Crippen molar-refractivity contribution in [1.82, 2.24) is 9.21 Å². The van der Waals surface area contributed by atoms with Crippen LogP contribution in [0.1, 0.15) is 18.6 Å². The quantitative estimate of drug-likeness (QED) is 0.699. The molecule has 0 spiro atoms. The van der Waals surface area contributed by atoms with Gasteiger partial charge >= 0.3 is 12.0 Å². The highest BCUT2D eigenvalue weighted by molar-refractivity contribution is 7.88. The molecule has 1 fully saturated rings. The molecule has 0 aliphatic carbocycles. The third-order valence-electron chi connectivity index (χ3n) is 4.80. The maximum absolute atomic E-state index is 12.5. The smallest absolute Gasteiger partial charge is 0.321 e. The maximum atomic E-state index is 12.5. The first-order valence-corrected chi connectivity index (χ1v) is 11.0. The summed E-state index contributed by atoms with van der Waals surface area (Å²) >= 11 is 0. The van der Waals surface area contributed by atoms with Gasteiger partial charge in [0.1, 0.15) is 12.4 Å². The summed E-state index contributed by atoms with van der Waals surface area (Å²) in [6.07, 6.45) is 1.31. The van der Waals surface area contributed by atoms with E-state index in [9.17, 15) is 18.0 Å². The zero-order valence-corrected chi connectivity index (χ0v) is 17.7. The second kappa shape index (κ2) is 9.31. The van der Waals surface area contributed by atoms with E-state index in [0.29, 0.717) is 25.1 Å². The number of nitrogens with zero attached hydrogens (tertiary/aromatic N) is 2. The van der Waals surface area contributed by atoms with Gasteiger partial charge in [0.25, 0.3) is 10.0 Å². The number of likely N-dealkylation sites (tertiary alicyclic amines) is 1. The van der Waals surface area contributed by atoms with Gasteiger partial charge in [-0.2, -0.15) is 0 Å². The van der Waals surface area contributed by atoms with Gasteiger partial charge in [0.2, 0.25) is 5.09 Å². The topological polar surface area (TPSA) is 109 Å². The maximum Gasteiger partial charge on any atom is 0.321 e. The number of sulfonamides is 1. The van der Waals surface area contributed by atoms with Crippen LogP contribution in [0.3, 0.4) is 0 Å². The van der Waals surface area contributed by atoms with Crippen molar-refractivity contribution >= 4 is 27.7 Å². The average molecular weight is 436 g/mol. The fourth-order valence-electron chi connectivity index (χ4n) is 3.09. The van der Waals surface area contributed by atoms with Gasteiger partial charge in [0.15, 0.2) is 0 Å². The van der Waals surface area contributed by atoms with Crippen LogP contribution in [0.5, 0.6) is 0 Å². The Balaban J connectivity index is 1.53. The number of anilines is 1. The summed E-state index contributed by atoms with van der Waals surface area (Å²) < 4.78 is 35.7. The number of esters is 1. The third kappa shape index (κ3) is 5.19. The lowest BCUT2D eigenvalue weighted by atomic mass is 9.98. The highest BCUT2D eigenvalue weighted by atomic mass is 32.2. The Kier molecular flexibility index (Phi) is 6.78. The Morgan fingerprint density at radius 1 is 1.20 bits per heavy atom. The van der Waals surface area contributed by atoms with Gasteiger partial charge in [-0.25, -0.2) is 17.5 Å². The van der Waals surface area contributed by atoms with Crippen LogP contribution < -0.4 is 5.32 Å². The number of hydrogen-bond donors (Lipinski definition) is 1. The Morgan fingerprint density at radius 3 is 2.63 bits per heavy atom. The molecule has 1 aromatic carbocycles. The number of hydrogen-bond acceptors (Lipinski definition) is 6. The number of carbonyl (C=O) groups excluding carboxylic acids is 2. The van der Waals surface area contributed by atoms with Crippen molar-refractivity contribution in [3.8, 4) is 0 Å². The summed E-state index contributed by atoms with van der Waals surface area (Å²) in [6.45, 7) is 0.650. The van der Waals surface area contributed by atoms with Crippen LogP contribution in [0.15, 0.2) is 52.0 Å². The number of urea groups is 1. The molecule has 2 amide bonds. The Bertz CT molecular complexity index is 987. The van der Waals surface area contributed by atoms with Crippen molar-refractivity contribution in [3.63, 3.8) is 0 Å². The van der Waals surface area contributed by atoms with Crippen LogP contribution in [0, 0.1) is 5.92 Å². The number of para-hydroxylation sites is 1. The molecule has 0 saturated carbocycles. The van der Waals surface area contributed by atoms with Crippen LogP contribution in [0.4, 0.5) is 10.5 Å². The van der Waals surface area contributed by atoms with Crippen LogP contribution in [0.25, 0.3) is 0 Å². The number of piperidine rings is 1. The van der Waals surface area contributed by atoms with E-state index in [4.69, 9.17) is 9.15 Å². The van der Waals surface area contributed by atoms with Crippen molar-refractivity contribution < 1.29 is 27.2 Å². The molecule has 3 rings (SSSR count).